The standard InChI is InChI=1S/C19H21N3O6/c1-21(10-11-28-17-8-6-16(27-2)7-9-17)18(23)13-20-19(24)14-4-3-5-15(12-14)22(25)26/h3-9,12H,10-11,13H2,1-2H3,(H,20,24). The van der Waals surface area contributed by atoms with E-state index in [0.29, 0.717) is 12.3 Å². The Hall–Kier alpha value is -3.62. The second-order valence-electron chi connectivity index (χ2n) is 5.83. The predicted molar refractivity (Wildman–Crippen MR) is 102 cm³/mol. The van der Waals surface area contributed by atoms with Gasteiger partial charge in [0.2, 0.25) is 5.91 Å². The maximum Gasteiger partial charge on any atom is 0.270 e. The van der Waals surface area contributed by atoms with Crippen molar-refractivity contribution in [1.82, 2.24) is 10.2 Å². The first kappa shape index (κ1) is 20.7. The topological polar surface area (TPSA) is 111 Å². The normalized spacial score (nSPS) is 10.1. The molecule has 0 aromatic heterocycles. The van der Waals surface area contributed by atoms with E-state index in [1.807, 2.05) is 0 Å². The fourth-order valence-electron chi connectivity index (χ4n) is 2.25. The van der Waals surface area contributed by atoms with Crippen LogP contribution in [0.15, 0.2) is 48.5 Å². The molecule has 0 fully saturated rings. The molecule has 0 atom stereocenters. The van der Waals surface area contributed by atoms with Gasteiger partial charge < -0.3 is 19.7 Å². The summed E-state index contributed by atoms with van der Waals surface area (Å²) in [6.07, 6.45) is 0. The van der Waals surface area contributed by atoms with Crippen molar-refractivity contribution in [1.29, 1.82) is 0 Å². The SMILES string of the molecule is COc1ccc(OCCN(C)C(=O)CNC(=O)c2cccc([N+](=O)[O-])c2)cc1. The minimum atomic E-state index is -0.585. The number of non-ortho nitro benzene ring substituents is 1. The number of benzene rings is 2. The van der Waals surface area contributed by atoms with Gasteiger partial charge in [-0.25, -0.2) is 0 Å². The van der Waals surface area contributed by atoms with Gasteiger partial charge in [0.15, 0.2) is 0 Å². The van der Waals surface area contributed by atoms with Gasteiger partial charge in [-0.2, -0.15) is 0 Å². The minimum Gasteiger partial charge on any atom is -0.497 e. The summed E-state index contributed by atoms with van der Waals surface area (Å²) in [5, 5.41) is 13.2. The fraction of sp³-hybridized carbons (Fsp3) is 0.263. The van der Waals surface area contributed by atoms with Crippen molar-refractivity contribution in [3.8, 4) is 11.5 Å². The highest BCUT2D eigenvalue weighted by Crippen LogP contribution is 2.17. The maximum absolute atomic E-state index is 12.1. The number of nitro groups is 1. The van der Waals surface area contributed by atoms with Crippen molar-refractivity contribution < 1.29 is 24.0 Å². The van der Waals surface area contributed by atoms with Gasteiger partial charge in [0, 0.05) is 24.7 Å². The summed E-state index contributed by atoms with van der Waals surface area (Å²) in [5.74, 6) is 0.511. The number of likely N-dealkylation sites (N-methyl/N-ethyl adjacent to an activating group) is 1. The molecule has 0 saturated heterocycles. The Morgan fingerprint density at radius 3 is 2.46 bits per heavy atom. The van der Waals surface area contributed by atoms with E-state index in [9.17, 15) is 19.7 Å². The van der Waals surface area contributed by atoms with E-state index < -0.39 is 10.8 Å². The van der Waals surface area contributed by atoms with E-state index in [-0.39, 0.29) is 30.3 Å². The van der Waals surface area contributed by atoms with Crippen LogP contribution in [0.3, 0.4) is 0 Å². The van der Waals surface area contributed by atoms with Gasteiger partial charge in [-0.05, 0) is 30.3 Å². The van der Waals surface area contributed by atoms with Crippen molar-refractivity contribution in [2.45, 2.75) is 0 Å². The molecular formula is C19H21N3O6. The molecule has 0 radical (unpaired) electrons. The molecule has 0 bridgehead atoms. The first-order valence-electron chi connectivity index (χ1n) is 8.44. The zero-order chi connectivity index (χ0) is 20.5. The molecule has 0 aliphatic heterocycles. The highest BCUT2D eigenvalue weighted by Gasteiger charge is 2.14. The molecule has 0 aliphatic carbocycles. The average molecular weight is 387 g/mol. The van der Waals surface area contributed by atoms with E-state index in [1.165, 1.54) is 23.1 Å². The summed E-state index contributed by atoms with van der Waals surface area (Å²) in [5.41, 5.74) is -0.0701. The molecule has 0 saturated carbocycles. The summed E-state index contributed by atoms with van der Waals surface area (Å²) in [6, 6.07) is 12.4. The molecule has 0 spiro atoms. The highest BCUT2D eigenvalue weighted by molar-refractivity contribution is 5.96. The Morgan fingerprint density at radius 2 is 1.82 bits per heavy atom. The number of carbonyl (C=O) groups is 2. The number of nitrogens with one attached hydrogen (secondary N) is 1. The number of nitrogens with zero attached hydrogens (tertiary/aromatic N) is 2. The second-order valence-corrected chi connectivity index (χ2v) is 5.83. The Kier molecular flexibility index (Phi) is 7.32. The summed E-state index contributed by atoms with van der Waals surface area (Å²) >= 11 is 0. The van der Waals surface area contributed by atoms with Crippen LogP contribution < -0.4 is 14.8 Å². The largest absolute Gasteiger partial charge is 0.497 e. The molecule has 0 unspecified atom stereocenters. The zero-order valence-corrected chi connectivity index (χ0v) is 15.6. The van der Waals surface area contributed by atoms with Crippen LogP contribution in [0, 0.1) is 10.1 Å². The number of hydrogen-bond donors (Lipinski definition) is 1. The first-order chi connectivity index (χ1) is 13.4. The van der Waals surface area contributed by atoms with E-state index in [0.717, 1.165) is 11.8 Å². The summed E-state index contributed by atoms with van der Waals surface area (Å²) in [4.78, 5) is 35.8. The molecule has 9 nitrogen and oxygen atoms in total. The molecule has 2 aromatic rings. The minimum absolute atomic E-state index is 0.118. The Morgan fingerprint density at radius 1 is 1.14 bits per heavy atom. The highest BCUT2D eigenvalue weighted by atomic mass is 16.6. The molecule has 0 aliphatic rings. The van der Waals surface area contributed by atoms with Crippen molar-refractivity contribution in [2.75, 3.05) is 33.9 Å². The molecule has 2 rings (SSSR count). The lowest BCUT2D eigenvalue weighted by Gasteiger charge is -2.18. The van der Waals surface area contributed by atoms with Crippen LogP contribution in [-0.4, -0.2) is 55.5 Å². The molecule has 9 heteroatoms. The number of amides is 2. The van der Waals surface area contributed by atoms with Crippen LogP contribution in [0.4, 0.5) is 5.69 Å². The first-order valence-corrected chi connectivity index (χ1v) is 8.44. The summed E-state index contributed by atoms with van der Waals surface area (Å²) in [6.45, 7) is 0.394. The number of rotatable bonds is 9. The van der Waals surface area contributed by atoms with Crippen molar-refractivity contribution in [3.63, 3.8) is 0 Å². The third-order valence-electron chi connectivity index (χ3n) is 3.90. The van der Waals surface area contributed by atoms with Crippen LogP contribution >= 0.6 is 0 Å². The van der Waals surface area contributed by atoms with E-state index in [1.54, 1.807) is 38.4 Å². The molecule has 28 heavy (non-hydrogen) atoms. The number of hydrogen-bond acceptors (Lipinski definition) is 6. The van der Waals surface area contributed by atoms with Crippen LogP contribution in [-0.2, 0) is 4.79 Å². The fourth-order valence-corrected chi connectivity index (χ4v) is 2.25. The summed E-state index contributed by atoms with van der Waals surface area (Å²) < 4.78 is 10.6. The molecular weight excluding hydrogens is 366 g/mol. The van der Waals surface area contributed by atoms with Crippen molar-refractivity contribution in [3.05, 3.63) is 64.2 Å². The molecule has 1 N–H and O–H groups in total. The van der Waals surface area contributed by atoms with Crippen LogP contribution in [0.5, 0.6) is 11.5 Å². The lowest BCUT2D eigenvalue weighted by atomic mass is 10.2. The molecule has 2 amide bonds. The van der Waals surface area contributed by atoms with E-state index >= 15 is 0 Å². The molecule has 148 valence electrons. The van der Waals surface area contributed by atoms with Gasteiger partial charge in [-0.3, -0.25) is 19.7 Å². The third-order valence-corrected chi connectivity index (χ3v) is 3.90. The Bertz CT molecular complexity index is 838. The molecule has 0 heterocycles. The quantitative estimate of drug-likeness (QED) is 0.519. The number of carbonyl (C=O) groups excluding carboxylic acids is 2. The number of nitro benzene ring substituents is 1. The van der Waals surface area contributed by atoms with Gasteiger partial charge in [0.25, 0.3) is 11.6 Å². The van der Waals surface area contributed by atoms with Crippen LogP contribution in [0.25, 0.3) is 0 Å². The van der Waals surface area contributed by atoms with Crippen molar-refractivity contribution >= 4 is 17.5 Å². The van der Waals surface area contributed by atoms with Gasteiger partial charge in [0.1, 0.15) is 18.1 Å². The number of methoxy groups -OCH3 is 1. The number of ether oxygens (including phenoxy) is 2. The van der Waals surface area contributed by atoms with Gasteiger partial charge in [-0.1, -0.05) is 6.07 Å². The van der Waals surface area contributed by atoms with E-state index in [4.69, 9.17) is 9.47 Å². The monoisotopic (exact) mass is 387 g/mol. The smallest absolute Gasteiger partial charge is 0.270 e. The zero-order valence-electron chi connectivity index (χ0n) is 15.6. The maximum atomic E-state index is 12.1. The van der Waals surface area contributed by atoms with Gasteiger partial charge in [0.05, 0.1) is 25.1 Å². The van der Waals surface area contributed by atoms with Crippen molar-refractivity contribution in [2.24, 2.45) is 0 Å². The van der Waals surface area contributed by atoms with E-state index in [2.05, 4.69) is 5.32 Å². The third kappa shape index (κ3) is 5.97. The second kappa shape index (κ2) is 9.91. The average Bonchev–Trinajstić information content (AvgIpc) is 2.72. The lowest BCUT2D eigenvalue weighted by molar-refractivity contribution is -0.384. The van der Waals surface area contributed by atoms with Gasteiger partial charge in [-0.15, -0.1) is 0 Å². The Balaban J connectivity index is 1.76. The predicted octanol–water partition coefficient (Wildman–Crippen LogP) is 1.87. The van der Waals surface area contributed by atoms with Crippen LogP contribution in [0.2, 0.25) is 0 Å². The molecule has 2 aromatic carbocycles. The summed E-state index contributed by atoms with van der Waals surface area (Å²) in [7, 11) is 3.17. The Labute approximate surface area is 162 Å². The van der Waals surface area contributed by atoms with Gasteiger partial charge >= 0.3 is 0 Å². The lowest BCUT2D eigenvalue weighted by Crippen LogP contribution is -2.39. The van der Waals surface area contributed by atoms with Crippen LogP contribution in [0.1, 0.15) is 10.4 Å².